The number of carbonyl (C=O) groups excluding carboxylic acids is 1. The van der Waals surface area contributed by atoms with Crippen molar-refractivity contribution in [3.8, 4) is 5.75 Å². The Labute approximate surface area is 171 Å². The van der Waals surface area contributed by atoms with Gasteiger partial charge in [0.2, 0.25) is 5.75 Å². The van der Waals surface area contributed by atoms with Gasteiger partial charge in [-0.3, -0.25) is 9.59 Å². The molecule has 1 fully saturated rings. The monoisotopic (exact) mass is 395 g/mol. The molecule has 0 bridgehead atoms. The SMILES string of the molecule is CCC1Cn2c(CC3(c4ccccc4)CCCCC3)nc(=O)c(O)c2C(=O)N1C. The molecule has 0 saturated heterocycles. The lowest BCUT2D eigenvalue weighted by atomic mass is 9.67. The largest absolute Gasteiger partial charge is 0.501 e. The first-order chi connectivity index (χ1) is 14.0. The zero-order valence-corrected chi connectivity index (χ0v) is 17.2. The first kappa shape index (κ1) is 19.7. The lowest BCUT2D eigenvalue weighted by Crippen LogP contribution is -2.48. The molecular formula is C23H29N3O3. The molecule has 6 heteroatoms. The fourth-order valence-corrected chi connectivity index (χ4v) is 5.10. The van der Waals surface area contributed by atoms with Crippen molar-refractivity contribution in [2.24, 2.45) is 0 Å². The molecule has 1 aliphatic carbocycles. The summed E-state index contributed by atoms with van der Waals surface area (Å²) in [5.41, 5.74) is 0.556. The van der Waals surface area contributed by atoms with Crippen LogP contribution in [-0.2, 0) is 18.4 Å². The van der Waals surface area contributed by atoms with Crippen LogP contribution in [0.4, 0.5) is 0 Å². The van der Waals surface area contributed by atoms with Crippen LogP contribution in [0, 0.1) is 0 Å². The van der Waals surface area contributed by atoms with Crippen LogP contribution >= 0.6 is 0 Å². The summed E-state index contributed by atoms with van der Waals surface area (Å²) in [7, 11) is 1.73. The third-order valence-electron chi connectivity index (χ3n) is 6.87. The molecule has 154 valence electrons. The van der Waals surface area contributed by atoms with Crippen molar-refractivity contribution < 1.29 is 9.90 Å². The molecule has 29 heavy (non-hydrogen) atoms. The number of nitrogens with zero attached hydrogens (tertiary/aromatic N) is 3. The van der Waals surface area contributed by atoms with E-state index in [2.05, 4.69) is 29.2 Å². The third-order valence-corrected chi connectivity index (χ3v) is 6.87. The molecule has 4 rings (SSSR count). The van der Waals surface area contributed by atoms with E-state index in [0.29, 0.717) is 18.8 Å². The Kier molecular flexibility index (Phi) is 5.19. The minimum Gasteiger partial charge on any atom is -0.501 e. The van der Waals surface area contributed by atoms with Gasteiger partial charge in [0.25, 0.3) is 5.91 Å². The highest BCUT2D eigenvalue weighted by atomic mass is 16.3. The van der Waals surface area contributed by atoms with Gasteiger partial charge in [0.1, 0.15) is 5.82 Å². The number of aromatic nitrogens is 2. The van der Waals surface area contributed by atoms with Gasteiger partial charge in [0, 0.05) is 31.5 Å². The molecular weight excluding hydrogens is 366 g/mol. The number of aromatic hydroxyl groups is 1. The molecule has 1 aromatic carbocycles. The molecule has 1 aliphatic heterocycles. The summed E-state index contributed by atoms with van der Waals surface area (Å²) >= 11 is 0. The number of benzene rings is 1. The Bertz CT molecular complexity index is 961. The van der Waals surface area contributed by atoms with E-state index in [4.69, 9.17) is 0 Å². The summed E-state index contributed by atoms with van der Waals surface area (Å²) in [5.74, 6) is -0.218. The van der Waals surface area contributed by atoms with Crippen LogP contribution in [0.2, 0.25) is 0 Å². The average Bonchev–Trinajstić information content (AvgIpc) is 2.75. The van der Waals surface area contributed by atoms with Crippen LogP contribution in [0.25, 0.3) is 0 Å². The molecule has 6 nitrogen and oxygen atoms in total. The fraction of sp³-hybridized carbons (Fsp3) is 0.522. The summed E-state index contributed by atoms with van der Waals surface area (Å²) in [4.78, 5) is 31.3. The average molecular weight is 396 g/mol. The minimum absolute atomic E-state index is 0.0245. The fourth-order valence-electron chi connectivity index (χ4n) is 5.10. The van der Waals surface area contributed by atoms with Gasteiger partial charge in [-0.25, -0.2) is 0 Å². The normalized spacial score (nSPS) is 21.1. The smallest absolute Gasteiger partial charge is 0.315 e. The maximum Gasteiger partial charge on any atom is 0.315 e. The van der Waals surface area contributed by atoms with Crippen molar-refractivity contribution >= 4 is 5.91 Å². The molecule has 2 aliphatic rings. The molecule has 1 amide bonds. The number of fused-ring (bicyclic) bond motifs is 1. The summed E-state index contributed by atoms with van der Waals surface area (Å²) in [6, 6.07) is 10.5. The van der Waals surface area contributed by atoms with E-state index in [1.807, 2.05) is 17.6 Å². The van der Waals surface area contributed by atoms with Crippen LogP contribution in [0.1, 0.15) is 67.3 Å². The van der Waals surface area contributed by atoms with Gasteiger partial charge in [-0.15, -0.1) is 0 Å². The van der Waals surface area contributed by atoms with Crippen molar-refractivity contribution in [2.75, 3.05) is 7.05 Å². The summed E-state index contributed by atoms with van der Waals surface area (Å²) in [5, 5.41) is 10.4. The Morgan fingerprint density at radius 1 is 1.14 bits per heavy atom. The molecule has 0 spiro atoms. The van der Waals surface area contributed by atoms with E-state index in [1.165, 1.54) is 12.0 Å². The summed E-state index contributed by atoms with van der Waals surface area (Å²) in [6.07, 6.45) is 6.98. The van der Waals surface area contributed by atoms with E-state index in [9.17, 15) is 14.7 Å². The summed E-state index contributed by atoms with van der Waals surface area (Å²) in [6.45, 7) is 2.59. The topological polar surface area (TPSA) is 75.4 Å². The molecule has 1 N–H and O–H groups in total. The Morgan fingerprint density at radius 2 is 1.83 bits per heavy atom. The van der Waals surface area contributed by atoms with Crippen LogP contribution in [0.5, 0.6) is 5.75 Å². The highest BCUT2D eigenvalue weighted by Crippen LogP contribution is 2.42. The van der Waals surface area contributed by atoms with E-state index < -0.39 is 11.3 Å². The van der Waals surface area contributed by atoms with Crippen molar-refractivity contribution in [3.63, 3.8) is 0 Å². The number of hydrogen-bond donors (Lipinski definition) is 1. The molecule has 1 atom stereocenters. The molecule has 1 unspecified atom stereocenters. The highest BCUT2D eigenvalue weighted by molar-refractivity contribution is 5.95. The number of carbonyl (C=O) groups is 1. The second kappa shape index (κ2) is 7.65. The third kappa shape index (κ3) is 3.34. The Morgan fingerprint density at radius 3 is 2.48 bits per heavy atom. The van der Waals surface area contributed by atoms with Crippen LogP contribution in [0.3, 0.4) is 0 Å². The van der Waals surface area contributed by atoms with Crippen LogP contribution in [0.15, 0.2) is 35.1 Å². The van der Waals surface area contributed by atoms with Crippen molar-refractivity contribution in [2.45, 2.75) is 69.9 Å². The van der Waals surface area contributed by atoms with Gasteiger partial charge in [0.05, 0.1) is 0 Å². The first-order valence-electron chi connectivity index (χ1n) is 10.6. The number of amides is 1. The van der Waals surface area contributed by atoms with Gasteiger partial charge in [-0.05, 0) is 24.8 Å². The lowest BCUT2D eigenvalue weighted by molar-refractivity contribution is 0.0636. The van der Waals surface area contributed by atoms with Crippen molar-refractivity contribution in [1.82, 2.24) is 14.5 Å². The highest BCUT2D eigenvalue weighted by Gasteiger charge is 2.39. The maximum absolute atomic E-state index is 12.9. The zero-order chi connectivity index (χ0) is 20.6. The molecule has 1 aromatic heterocycles. The molecule has 2 aromatic rings. The van der Waals surface area contributed by atoms with Crippen LogP contribution < -0.4 is 5.56 Å². The van der Waals surface area contributed by atoms with E-state index in [-0.39, 0.29) is 23.1 Å². The predicted molar refractivity (Wildman–Crippen MR) is 111 cm³/mol. The number of likely N-dealkylation sites (N-methyl/N-ethyl adjacent to an activating group) is 1. The quantitative estimate of drug-likeness (QED) is 0.862. The van der Waals surface area contributed by atoms with Gasteiger partial charge in [-0.1, -0.05) is 56.5 Å². The second-order valence-corrected chi connectivity index (χ2v) is 8.50. The first-order valence-corrected chi connectivity index (χ1v) is 10.6. The van der Waals surface area contributed by atoms with Gasteiger partial charge in [-0.2, -0.15) is 4.98 Å². The number of rotatable bonds is 4. The van der Waals surface area contributed by atoms with E-state index >= 15 is 0 Å². The van der Waals surface area contributed by atoms with Gasteiger partial charge < -0.3 is 14.6 Å². The van der Waals surface area contributed by atoms with E-state index in [0.717, 1.165) is 32.1 Å². The van der Waals surface area contributed by atoms with Gasteiger partial charge >= 0.3 is 5.56 Å². The van der Waals surface area contributed by atoms with E-state index in [1.54, 1.807) is 11.9 Å². The van der Waals surface area contributed by atoms with Crippen molar-refractivity contribution in [1.29, 1.82) is 0 Å². The molecule has 1 saturated carbocycles. The Hall–Kier alpha value is -2.63. The maximum atomic E-state index is 12.9. The van der Waals surface area contributed by atoms with Crippen molar-refractivity contribution in [3.05, 3.63) is 57.8 Å². The molecule has 0 radical (unpaired) electrons. The van der Waals surface area contributed by atoms with Gasteiger partial charge in [0.15, 0.2) is 5.69 Å². The molecule has 2 heterocycles. The van der Waals surface area contributed by atoms with Crippen LogP contribution in [-0.4, -0.2) is 38.6 Å². The Balaban J connectivity index is 1.84. The standard InChI is InChI=1S/C23H29N3O3/c1-3-17-15-26-18(24-21(28)20(27)19(26)22(29)25(17)2)14-23(12-8-5-9-13-23)16-10-6-4-7-11-16/h4,6-7,10-11,17,27H,3,5,8-9,12-15H2,1-2H3. The zero-order valence-electron chi connectivity index (χ0n) is 17.2. The second-order valence-electron chi connectivity index (χ2n) is 8.50. The number of hydrogen-bond acceptors (Lipinski definition) is 4. The lowest BCUT2D eigenvalue weighted by Gasteiger charge is -2.40. The minimum atomic E-state index is -0.707. The predicted octanol–water partition coefficient (Wildman–Crippen LogP) is 3.26. The summed E-state index contributed by atoms with van der Waals surface area (Å²) < 4.78 is 1.81.